The van der Waals surface area contributed by atoms with Crippen molar-refractivity contribution < 1.29 is 18.3 Å². The van der Waals surface area contributed by atoms with E-state index >= 15 is 0 Å². The summed E-state index contributed by atoms with van der Waals surface area (Å²) in [5.74, 6) is 0.335. The minimum atomic E-state index is -2.79. The van der Waals surface area contributed by atoms with Gasteiger partial charge in [0.1, 0.15) is 5.75 Å². The monoisotopic (exact) mass is 384 g/mol. The highest BCUT2D eigenvalue weighted by Crippen LogP contribution is 2.50. The van der Waals surface area contributed by atoms with Gasteiger partial charge in [-0.15, -0.1) is 0 Å². The Hall–Kier alpha value is 0.580. The molecule has 0 aliphatic carbocycles. The lowest BCUT2D eigenvalue weighted by Crippen LogP contribution is -1.97. The third-order valence-electron chi connectivity index (χ3n) is 1.63. The van der Waals surface area contributed by atoms with Crippen LogP contribution in [0.3, 0.4) is 0 Å². The second-order valence-electron chi connectivity index (χ2n) is 2.60. The molecule has 0 unspecified atom stereocenters. The van der Waals surface area contributed by atoms with Gasteiger partial charge >= 0.3 is 6.72 Å². The second-order valence-corrected chi connectivity index (χ2v) is 7.42. The van der Waals surface area contributed by atoms with Crippen molar-refractivity contribution in [1.29, 1.82) is 0 Å². The predicted molar refractivity (Wildman–Crippen MR) is 75.6 cm³/mol. The quantitative estimate of drug-likeness (QED) is 0.549. The Labute approximate surface area is 122 Å². The summed E-state index contributed by atoms with van der Waals surface area (Å²) in [7, 11) is 2.83. The molecule has 0 fully saturated rings. The van der Waals surface area contributed by atoms with Crippen LogP contribution in [0.1, 0.15) is 0 Å². The topological polar surface area (TPSA) is 27.7 Å². The highest BCUT2D eigenvalue weighted by molar-refractivity contribution is 9.10. The van der Waals surface area contributed by atoms with Crippen LogP contribution in [-0.4, -0.2) is 14.2 Å². The smallest absolute Gasteiger partial charge is 0.380 e. The lowest BCUT2D eigenvalue weighted by atomic mass is 10.3. The molecule has 1 aromatic carbocycles. The van der Waals surface area contributed by atoms with E-state index in [1.807, 2.05) is 0 Å². The van der Waals surface area contributed by atoms with Crippen LogP contribution in [0.4, 0.5) is 4.70 Å². The summed E-state index contributed by atoms with van der Waals surface area (Å²) in [5, 5.41) is 0.841. The molecular formula is C8H9BrCl2FO3PS. The molecule has 17 heavy (non-hydrogen) atoms. The van der Waals surface area contributed by atoms with Crippen LogP contribution in [0.5, 0.6) is 5.75 Å². The Morgan fingerprint density at radius 2 is 1.71 bits per heavy atom. The third-order valence-corrected chi connectivity index (χ3v) is 5.56. The molecule has 0 atom stereocenters. The van der Waals surface area contributed by atoms with Crippen molar-refractivity contribution in [3.05, 3.63) is 26.7 Å². The summed E-state index contributed by atoms with van der Waals surface area (Å²) in [6.45, 7) is -2.79. The first kappa shape index (κ1) is 17.6. The van der Waals surface area contributed by atoms with E-state index in [9.17, 15) is 0 Å². The van der Waals surface area contributed by atoms with Gasteiger partial charge in [0.2, 0.25) is 0 Å². The SMILES string of the molecule is COP(=S)(OC)Oc1cc(Cl)c(Br)cc1Cl.F. The van der Waals surface area contributed by atoms with Crippen molar-refractivity contribution in [1.82, 2.24) is 0 Å². The fourth-order valence-electron chi connectivity index (χ4n) is 0.844. The fourth-order valence-corrected chi connectivity index (χ4v) is 2.66. The standard InChI is InChI=1S/C8H8BrCl2O3PS.FH/c1-12-15(16,13-2)14-8-4-6(10)5(9)3-7(8)11;/h3-4H,1-2H3;1H. The van der Waals surface area contributed by atoms with Gasteiger partial charge in [-0.1, -0.05) is 23.2 Å². The molecule has 3 nitrogen and oxygen atoms in total. The summed E-state index contributed by atoms with van der Waals surface area (Å²) >= 11 is 20.2. The average molecular weight is 386 g/mol. The Balaban J connectivity index is 0.00000256. The van der Waals surface area contributed by atoms with Gasteiger partial charge in [-0.2, -0.15) is 0 Å². The molecule has 0 bridgehead atoms. The average Bonchev–Trinajstić information content (AvgIpc) is 2.25. The number of hydrogen-bond acceptors (Lipinski definition) is 4. The fraction of sp³-hybridized carbons (Fsp3) is 0.250. The zero-order chi connectivity index (χ0) is 12.3. The normalized spacial score (nSPS) is 10.9. The molecule has 0 amide bonds. The molecule has 0 aromatic heterocycles. The first-order chi connectivity index (χ1) is 7.41. The Kier molecular flexibility index (Phi) is 7.49. The number of rotatable bonds is 4. The summed E-state index contributed by atoms with van der Waals surface area (Å²) in [5.41, 5.74) is 0. The van der Waals surface area contributed by atoms with Gasteiger partial charge in [-0.05, 0) is 22.0 Å². The van der Waals surface area contributed by atoms with Crippen LogP contribution >= 0.6 is 45.9 Å². The number of benzene rings is 1. The Bertz CT molecular complexity index is 441. The van der Waals surface area contributed by atoms with E-state index in [2.05, 4.69) is 15.9 Å². The van der Waals surface area contributed by atoms with Gasteiger partial charge < -0.3 is 13.6 Å². The lowest BCUT2D eigenvalue weighted by Gasteiger charge is -2.19. The minimum Gasteiger partial charge on any atom is -0.422 e. The van der Waals surface area contributed by atoms with Crippen LogP contribution < -0.4 is 4.52 Å². The van der Waals surface area contributed by atoms with E-state index < -0.39 is 6.72 Å². The summed E-state index contributed by atoms with van der Waals surface area (Å²) in [6, 6.07) is 3.16. The van der Waals surface area contributed by atoms with Crippen molar-refractivity contribution in [2.45, 2.75) is 0 Å². The molecule has 0 aliphatic rings. The van der Waals surface area contributed by atoms with E-state index in [0.29, 0.717) is 20.3 Å². The van der Waals surface area contributed by atoms with Gasteiger partial charge in [0.25, 0.3) is 0 Å². The molecule has 9 heteroatoms. The van der Waals surface area contributed by atoms with Gasteiger partial charge in [-0.25, -0.2) is 0 Å². The Morgan fingerprint density at radius 3 is 2.18 bits per heavy atom. The molecular weight excluding hydrogens is 377 g/mol. The summed E-state index contributed by atoms with van der Waals surface area (Å²) in [4.78, 5) is 0. The van der Waals surface area contributed by atoms with Crippen LogP contribution in [0.2, 0.25) is 10.0 Å². The lowest BCUT2D eigenvalue weighted by molar-refractivity contribution is 0.273. The van der Waals surface area contributed by atoms with E-state index in [0.717, 1.165) is 0 Å². The maximum atomic E-state index is 5.97. The minimum absolute atomic E-state index is 0. The first-order valence-corrected chi connectivity index (χ1v) is 8.08. The largest absolute Gasteiger partial charge is 0.422 e. The van der Waals surface area contributed by atoms with Crippen LogP contribution in [0.25, 0.3) is 0 Å². The van der Waals surface area contributed by atoms with Crippen molar-refractivity contribution in [3.63, 3.8) is 0 Å². The highest BCUT2D eigenvalue weighted by atomic mass is 79.9. The van der Waals surface area contributed by atoms with E-state index in [1.165, 1.54) is 14.2 Å². The molecule has 0 N–H and O–H groups in total. The van der Waals surface area contributed by atoms with Crippen LogP contribution in [0.15, 0.2) is 16.6 Å². The maximum Gasteiger partial charge on any atom is 0.380 e. The zero-order valence-electron chi connectivity index (χ0n) is 8.78. The number of hydrogen-bond donors (Lipinski definition) is 0. The van der Waals surface area contributed by atoms with Gasteiger partial charge in [0.05, 0.1) is 10.0 Å². The molecule has 0 saturated heterocycles. The first-order valence-electron chi connectivity index (χ1n) is 3.97. The second kappa shape index (κ2) is 7.24. The molecule has 0 spiro atoms. The molecule has 0 saturated carbocycles. The van der Waals surface area contributed by atoms with Gasteiger partial charge in [-0.3, -0.25) is 4.70 Å². The molecule has 0 heterocycles. The molecule has 1 rings (SSSR count). The zero-order valence-corrected chi connectivity index (χ0v) is 13.6. The molecule has 0 radical (unpaired) electrons. The van der Waals surface area contributed by atoms with E-state index in [-0.39, 0.29) is 4.70 Å². The van der Waals surface area contributed by atoms with Crippen molar-refractivity contribution in [2.75, 3.05) is 14.2 Å². The maximum absolute atomic E-state index is 5.97. The molecule has 0 aliphatic heterocycles. The Morgan fingerprint density at radius 1 is 1.18 bits per heavy atom. The summed E-state index contributed by atoms with van der Waals surface area (Å²) in [6.07, 6.45) is 0. The van der Waals surface area contributed by atoms with E-state index in [4.69, 9.17) is 48.6 Å². The van der Waals surface area contributed by atoms with Crippen LogP contribution in [0, 0.1) is 0 Å². The molecule has 98 valence electrons. The van der Waals surface area contributed by atoms with Gasteiger partial charge in [0.15, 0.2) is 0 Å². The predicted octanol–water partition coefficient (Wildman–Crippen LogP) is 4.80. The van der Waals surface area contributed by atoms with Crippen molar-refractivity contribution >= 4 is 57.7 Å². The van der Waals surface area contributed by atoms with Crippen molar-refractivity contribution in [3.8, 4) is 5.75 Å². The van der Waals surface area contributed by atoms with Crippen LogP contribution in [-0.2, 0) is 20.9 Å². The third kappa shape index (κ3) is 4.63. The van der Waals surface area contributed by atoms with E-state index in [1.54, 1.807) is 12.1 Å². The number of halogens is 4. The van der Waals surface area contributed by atoms with Gasteiger partial charge in [0, 0.05) is 36.6 Å². The molecule has 1 aromatic rings. The summed E-state index contributed by atoms with van der Waals surface area (Å²) < 4.78 is 16.1. The van der Waals surface area contributed by atoms with Crippen molar-refractivity contribution in [2.24, 2.45) is 0 Å². The highest BCUT2D eigenvalue weighted by Gasteiger charge is 2.20.